The number of carbonyl (C=O) groups is 1. The molecule has 5 nitrogen and oxygen atoms in total. The van der Waals surface area contributed by atoms with Crippen molar-refractivity contribution >= 4 is 37.4 Å². The predicted molar refractivity (Wildman–Crippen MR) is 72.2 cm³/mol. The molecule has 0 aromatic heterocycles. The van der Waals surface area contributed by atoms with Gasteiger partial charge < -0.3 is 10.6 Å². The number of fused-ring (bicyclic) bond motifs is 1. The number of para-hydroxylation sites is 1. The first-order chi connectivity index (χ1) is 8.39. The molecule has 2 N–H and O–H groups in total. The van der Waals surface area contributed by atoms with E-state index < -0.39 is 15.1 Å². The molecule has 1 atom stereocenters. The number of benzene rings is 1. The summed E-state index contributed by atoms with van der Waals surface area (Å²) in [6, 6.07) is 4.87. The van der Waals surface area contributed by atoms with Crippen molar-refractivity contribution in [3.63, 3.8) is 0 Å². The number of amides is 1. The van der Waals surface area contributed by atoms with Crippen molar-refractivity contribution in [1.29, 1.82) is 0 Å². The molecule has 1 aromatic rings. The monoisotopic (exact) mass is 332 g/mol. The van der Waals surface area contributed by atoms with Gasteiger partial charge in [-0.05, 0) is 35.0 Å². The fraction of sp³-hybridized carbons (Fsp3) is 0.364. The lowest BCUT2D eigenvalue weighted by Gasteiger charge is -2.33. The van der Waals surface area contributed by atoms with Gasteiger partial charge in [-0.1, -0.05) is 6.07 Å². The zero-order valence-corrected chi connectivity index (χ0v) is 12.2. The van der Waals surface area contributed by atoms with E-state index in [0.717, 1.165) is 0 Å². The van der Waals surface area contributed by atoms with Crippen LogP contribution in [0.3, 0.4) is 0 Å². The molecule has 1 aliphatic rings. The van der Waals surface area contributed by atoms with Gasteiger partial charge in [0, 0.05) is 11.0 Å². The Bertz CT molecular complexity index is 600. The van der Waals surface area contributed by atoms with E-state index in [1.807, 2.05) is 0 Å². The van der Waals surface area contributed by atoms with Crippen LogP contribution in [0.5, 0.6) is 0 Å². The highest BCUT2D eigenvalue weighted by atomic mass is 79.9. The van der Waals surface area contributed by atoms with E-state index in [-0.39, 0.29) is 23.9 Å². The van der Waals surface area contributed by atoms with Crippen LogP contribution in [0.1, 0.15) is 6.92 Å². The Morgan fingerprint density at radius 1 is 1.56 bits per heavy atom. The highest BCUT2D eigenvalue weighted by molar-refractivity contribution is 9.10. The number of sulfone groups is 1. The number of nitrogens with two attached hydrogens (primary N) is 1. The molecule has 7 heteroatoms. The molecule has 0 spiro atoms. The maximum atomic E-state index is 12.2. The van der Waals surface area contributed by atoms with Gasteiger partial charge in [-0.15, -0.1) is 0 Å². The highest BCUT2D eigenvalue weighted by Gasteiger charge is 2.37. The van der Waals surface area contributed by atoms with E-state index in [1.54, 1.807) is 19.1 Å². The molecule has 0 aliphatic carbocycles. The molecular weight excluding hydrogens is 320 g/mol. The molecule has 1 aromatic carbocycles. The van der Waals surface area contributed by atoms with Crippen molar-refractivity contribution in [2.45, 2.75) is 17.1 Å². The van der Waals surface area contributed by atoms with Gasteiger partial charge in [0.2, 0.25) is 5.91 Å². The molecule has 2 rings (SSSR count). The Labute approximate surface area is 114 Å². The smallest absolute Gasteiger partial charge is 0.240 e. The van der Waals surface area contributed by atoms with E-state index in [1.165, 1.54) is 11.0 Å². The Hall–Kier alpha value is -0.920. The molecule has 0 saturated carbocycles. The summed E-state index contributed by atoms with van der Waals surface area (Å²) in [7, 11) is -3.38. The SMILES string of the molecule is CC1CN(C(=O)CN)c2c(Br)cccc2S1(=O)=O. The fourth-order valence-electron chi connectivity index (χ4n) is 1.99. The lowest BCUT2D eigenvalue weighted by molar-refractivity contribution is -0.117. The number of hydrogen-bond donors (Lipinski definition) is 1. The summed E-state index contributed by atoms with van der Waals surface area (Å²) in [4.78, 5) is 13.4. The summed E-state index contributed by atoms with van der Waals surface area (Å²) in [6.07, 6.45) is 0. The molecule has 1 aliphatic heterocycles. The zero-order chi connectivity index (χ0) is 13.5. The first kappa shape index (κ1) is 13.5. The third-order valence-corrected chi connectivity index (χ3v) is 5.76. The van der Waals surface area contributed by atoms with Crippen LogP contribution in [0.4, 0.5) is 5.69 Å². The summed E-state index contributed by atoms with van der Waals surface area (Å²) in [5.74, 6) is -0.287. The van der Waals surface area contributed by atoms with Gasteiger partial charge in [-0.25, -0.2) is 8.42 Å². The van der Waals surface area contributed by atoms with Crippen molar-refractivity contribution in [3.8, 4) is 0 Å². The third-order valence-electron chi connectivity index (χ3n) is 2.97. The molecule has 0 radical (unpaired) electrons. The van der Waals surface area contributed by atoms with Crippen LogP contribution in [0, 0.1) is 0 Å². The Balaban J connectivity index is 2.70. The molecule has 1 amide bonds. The summed E-state index contributed by atoms with van der Waals surface area (Å²) in [6.45, 7) is 1.58. The van der Waals surface area contributed by atoms with Gasteiger partial charge in [0.1, 0.15) is 0 Å². The topological polar surface area (TPSA) is 80.5 Å². The number of carbonyl (C=O) groups excluding carboxylic acids is 1. The average molecular weight is 333 g/mol. The van der Waals surface area contributed by atoms with Gasteiger partial charge in [0.15, 0.2) is 9.84 Å². The van der Waals surface area contributed by atoms with Gasteiger partial charge in [0.25, 0.3) is 0 Å². The van der Waals surface area contributed by atoms with Gasteiger partial charge in [0.05, 0.1) is 22.4 Å². The summed E-state index contributed by atoms with van der Waals surface area (Å²) >= 11 is 3.29. The molecule has 0 fully saturated rings. The van der Waals surface area contributed by atoms with E-state index in [4.69, 9.17) is 5.73 Å². The van der Waals surface area contributed by atoms with Gasteiger partial charge >= 0.3 is 0 Å². The van der Waals surface area contributed by atoms with E-state index in [9.17, 15) is 13.2 Å². The molecule has 1 heterocycles. The van der Waals surface area contributed by atoms with Gasteiger partial charge in [-0.3, -0.25) is 4.79 Å². The van der Waals surface area contributed by atoms with E-state index in [2.05, 4.69) is 15.9 Å². The van der Waals surface area contributed by atoms with Crippen LogP contribution < -0.4 is 10.6 Å². The van der Waals surface area contributed by atoms with Crippen LogP contribution in [0.15, 0.2) is 27.6 Å². The predicted octanol–water partition coefficient (Wildman–Crippen LogP) is 0.917. The summed E-state index contributed by atoms with van der Waals surface area (Å²) < 4.78 is 25.0. The second-order valence-electron chi connectivity index (χ2n) is 4.15. The minimum atomic E-state index is -3.38. The fourth-order valence-corrected chi connectivity index (χ4v) is 4.24. The minimum Gasteiger partial charge on any atom is -0.322 e. The van der Waals surface area contributed by atoms with Crippen LogP contribution in [0.25, 0.3) is 0 Å². The van der Waals surface area contributed by atoms with Crippen molar-refractivity contribution < 1.29 is 13.2 Å². The number of rotatable bonds is 1. The molecule has 0 bridgehead atoms. The van der Waals surface area contributed by atoms with Gasteiger partial charge in [-0.2, -0.15) is 0 Å². The zero-order valence-electron chi connectivity index (χ0n) is 9.76. The van der Waals surface area contributed by atoms with Crippen molar-refractivity contribution in [2.75, 3.05) is 18.0 Å². The minimum absolute atomic E-state index is 0.133. The number of hydrogen-bond acceptors (Lipinski definition) is 4. The summed E-state index contributed by atoms with van der Waals surface area (Å²) in [5, 5.41) is -0.630. The molecule has 18 heavy (non-hydrogen) atoms. The van der Waals surface area contributed by atoms with Crippen molar-refractivity contribution in [3.05, 3.63) is 22.7 Å². The van der Waals surface area contributed by atoms with E-state index >= 15 is 0 Å². The second kappa shape index (κ2) is 4.64. The average Bonchev–Trinajstić information content (AvgIpc) is 2.33. The quantitative estimate of drug-likeness (QED) is 0.829. The second-order valence-corrected chi connectivity index (χ2v) is 7.34. The number of anilines is 1. The molecule has 0 saturated heterocycles. The van der Waals surface area contributed by atoms with Crippen LogP contribution >= 0.6 is 15.9 Å². The maximum absolute atomic E-state index is 12.2. The van der Waals surface area contributed by atoms with Crippen molar-refractivity contribution in [1.82, 2.24) is 0 Å². The Kier molecular flexibility index (Phi) is 3.48. The highest BCUT2D eigenvalue weighted by Crippen LogP contribution is 2.38. The number of halogens is 1. The lowest BCUT2D eigenvalue weighted by atomic mass is 10.2. The van der Waals surface area contributed by atoms with Crippen LogP contribution in [0.2, 0.25) is 0 Å². The third kappa shape index (κ3) is 1.96. The Morgan fingerprint density at radius 2 is 2.22 bits per heavy atom. The van der Waals surface area contributed by atoms with Crippen LogP contribution in [-0.2, 0) is 14.6 Å². The van der Waals surface area contributed by atoms with E-state index in [0.29, 0.717) is 10.2 Å². The molecule has 98 valence electrons. The first-order valence-corrected chi connectivity index (χ1v) is 7.76. The normalized spacial score (nSPS) is 21.5. The Morgan fingerprint density at radius 3 is 2.83 bits per heavy atom. The van der Waals surface area contributed by atoms with Crippen molar-refractivity contribution in [2.24, 2.45) is 5.73 Å². The summed E-state index contributed by atoms with van der Waals surface area (Å²) in [5.41, 5.74) is 5.76. The number of nitrogens with zero attached hydrogens (tertiary/aromatic N) is 1. The molecular formula is C11H13BrN2O3S. The first-order valence-electron chi connectivity index (χ1n) is 5.42. The largest absolute Gasteiger partial charge is 0.322 e. The molecule has 1 unspecified atom stereocenters. The standard InChI is InChI=1S/C11H13BrN2O3S/c1-7-6-14(10(15)5-13)11-8(12)3-2-4-9(11)18(7,16)17/h2-4,7H,5-6,13H2,1H3. The lowest BCUT2D eigenvalue weighted by Crippen LogP contribution is -2.46. The van der Waals surface area contributed by atoms with Crippen LogP contribution in [-0.4, -0.2) is 32.7 Å². The maximum Gasteiger partial charge on any atom is 0.240 e.